The van der Waals surface area contributed by atoms with Crippen molar-refractivity contribution < 1.29 is 8.42 Å². The molecule has 1 aromatic heterocycles. The van der Waals surface area contributed by atoms with Crippen LogP contribution in [0.5, 0.6) is 0 Å². The number of sulfonamides is 1. The number of benzene rings is 2. The standard InChI is InChI=1S/C24H30N6O2S/c1-28(2)21-12-10-20(11-13-21)7-6-15-29-16-14-23-26-27-24(30(23)18-17-29)19-25-33(31,32)22-8-4-3-5-9-22/h3-13,25H,14-19H2,1-2H3. The van der Waals surface area contributed by atoms with E-state index in [1.807, 2.05) is 18.7 Å². The molecule has 3 aromatic rings. The molecule has 2 aromatic carbocycles. The quantitative estimate of drug-likeness (QED) is 0.549. The van der Waals surface area contributed by atoms with Gasteiger partial charge < -0.3 is 9.47 Å². The molecule has 0 aliphatic carbocycles. The maximum atomic E-state index is 12.5. The molecule has 0 spiro atoms. The summed E-state index contributed by atoms with van der Waals surface area (Å²) in [5, 5.41) is 8.54. The fraction of sp³-hybridized carbons (Fsp3) is 0.333. The summed E-state index contributed by atoms with van der Waals surface area (Å²) in [5.41, 5.74) is 2.37. The van der Waals surface area contributed by atoms with Crippen LogP contribution >= 0.6 is 0 Å². The van der Waals surface area contributed by atoms with E-state index >= 15 is 0 Å². The van der Waals surface area contributed by atoms with E-state index in [0.717, 1.165) is 38.4 Å². The highest BCUT2D eigenvalue weighted by Crippen LogP contribution is 2.14. The topological polar surface area (TPSA) is 83.4 Å². The molecule has 8 nitrogen and oxygen atoms in total. The number of anilines is 1. The van der Waals surface area contributed by atoms with E-state index in [1.54, 1.807) is 30.3 Å². The van der Waals surface area contributed by atoms with Crippen molar-refractivity contribution in [1.29, 1.82) is 0 Å². The monoisotopic (exact) mass is 466 g/mol. The molecule has 0 unspecified atom stereocenters. The minimum atomic E-state index is -3.58. The molecule has 0 saturated carbocycles. The average Bonchev–Trinajstić information content (AvgIpc) is 3.10. The van der Waals surface area contributed by atoms with Crippen molar-refractivity contribution in [3.05, 3.63) is 77.9 Å². The Kier molecular flexibility index (Phi) is 7.22. The Balaban J connectivity index is 1.32. The highest BCUT2D eigenvalue weighted by molar-refractivity contribution is 7.89. The molecule has 0 bridgehead atoms. The number of nitrogens with one attached hydrogen (secondary N) is 1. The Morgan fingerprint density at radius 3 is 2.48 bits per heavy atom. The normalized spacial score (nSPS) is 14.8. The second kappa shape index (κ2) is 10.3. The molecular formula is C24H30N6O2S. The third-order valence-corrected chi connectivity index (χ3v) is 7.17. The molecule has 1 aliphatic rings. The van der Waals surface area contributed by atoms with Crippen LogP contribution < -0.4 is 9.62 Å². The first kappa shape index (κ1) is 23.2. The van der Waals surface area contributed by atoms with Crippen molar-refractivity contribution in [3.8, 4) is 0 Å². The zero-order valence-electron chi connectivity index (χ0n) is 19.1. The van der Waals surface area contributed by atoms with Gasteiger partial charge in [-0.05, 0) is 29.8 Å². The summed E-state index contributed by atoms with van der Waals surface area (Å²) in [7, 11) is 0.490. The van der Waals surface area contributed by atoms with E-state index in [2.05, 4.69) is 61.1 Å². The van der Waals surface area contributed by atoms with Crippen LogP contribution in [0.15, 0.2) is 65.6 Å². The zero-order valence-corrected chi connectivity index (χ0v) is 19.9. The lowest BCUT2D eigenvalue weighted by molar-refractivity contribution is 0.308. The highest BCUT2D eigenvalue weighted by Gasteiger charge is 2.20. The number of nitrogens with zero attached hydrogens (tertiary/aromatic N) is 5. The van der Waals surface area contributed by atoms with Crippen LogP contribution in [0.3, 0.4) is 0 Å². The Bertz CT molecular complexity index is 1190. The lowest BCUT2D eigenvalue weighted by Crippen LogP contribution is -2.28. The van der Waals surface area contributed by atoms with Crippen molar-refractivity contribution in [2.24, 2.45) is 0 Å². The Morgan fingerprint density at radius 1 is 1.00 bits per heavy atom. The molecule has 1 aliphatic heterocycles. The van der Waals surface area contributed by atoms with Crippen LogP contribution in [0.4, 0.5) is 5.69 Å². The summed E-state index contributed by atoms with van der Waals surface area (Å²) >= 11 is 0. The van der Waals surface area contributed by atoms with Crippen LogP contribution in [-0.4, -0.2) is 61.8 Å². The molecule has 0 atom stereocenters. The smallest absolute Gasteiger partial charge is 0.240 e. The van der Waals surface area contributed by atoms with Crippen molar-refractivity contribution in [3.63, 3.8) is 0 Å². The van der Waals surface area contributed by atoms with Gasteiger partial charge in [0.2, 0.25) is 10.0 Å². The van der Waals surface area contributed by atoms with E-state index in [-0.39, 0.29) is 11.4 Å². The van der Waals surface area contributed by atoms with Crippen LogP contribution in [0.1, 0.15) is 17.2 Å². The van der Waals surface area contributed by atoms with Gasteiger partial charge in [-0.25, -0.2) is 13.1 Å². The predicted octanol–water partition coefficient (Wildman–Crippen LogP) is 2.39. The first-order valence-corrected chi connectivity index (χ1v) is 12.5. The van der Waals surface area contributed by atoms with Gasteiger partial charge in [0.15, 0.2) is 0 Å². The number of rotatable bonds is 8. The number of fused-ring (bicyclic) bond motifs is 1. The van der Waals surface area contributed by atoms with Gasteiger partial charge >= 0.3 is 0 Å². The minimum absolute atomic E-state index is 0.118. The number of hydrogen-bond donors (Lipinski definition) is 1. The van der Waals surface area contributed by atoms with E-state index in [4.69, 9.17) is 0 Å². The molecule has 1 N–H and O–H groups in total. The summed E-state index contributed by atoms with van der Waals surface area (Å²) in [6.45, 7) is 3.44. The molecule has 4 rings (SSSR count). The van der Waals surface area contributed by atoms with Crippen molar-refractivity contribution in [2.75, 3.05) is 38.6 Å². The third-order valence-electron chi connectivity index (χ3n) is 5.75. The van der Waals surface area contributed by atoms with Gasteiger partial charge in [-0.1, -0.05) is 42.5 Å². The minimum Gasteiger partial charge on any atom is -0.378 e. The molecule has 0 fully saturated rings. The van der Waals surface area contributed by atoms with Gasteiger partial charge in [0.05, 0.1) is 11.4 Å². The SMILES string of the molecule is CN(C)c1ccc(C=CCN2CCc3nnc(CNS(=O)(=O)c4ccccc4)n3CC2)cc1. The maximum absolute atomic E-state index is 12.5. The summed E-state index contributed by atoms with van der Waals surface area (Å²) in [4.78, 5) is 4.70. The van der Waals surface area contributed by atoms with E-state index in [9.17, 15) is 8.42 Å². The molecule has 0 amide bonds. The van der Waals surface area contributed by atoms with Gasteiger partial charge in [-0.3, -0.25) is 4.90 Å². The van der Waals surface area contributed by atoms with Gasteiger partial charge in [0.25, 0.3) is 0 Å². The summed E-state index contributed by atoms with van der Waals surface area (Å²) in [6.07, 6.45) is 5.11. The van der Waals surface area contributed by atoms with Gasteiger partial charge in [-0.2, -0.15) is 0 Å². The molecule has 174 valence electrons. The molecule has 9 heteroatoms. The summed E-state index contributed by atoms with van der Waals surface area (Å²) < 4.78 is 29.7. The third kappa shape index (κ3) is 5.87. The average molecular weight is 467 g/mol. The molecule has 2 heterocycles. The Hall–Kier alpha value is -3.01. The fourth-order valence-corrected chi connectivity index (χ4v) is 4.81. The molecule has 0 radical (unpaired) electrons. The fourth-order valence-electron chi connectivity index (χ4n) is 3.80. The second-order valence-electron chi connectivity index (χ2n) is 8.26. The molecular weight excluding hydrogens is 436 g/mol. The molecule has 0 saturated heterocycles. The van der Waals surface area contributed by atoms with Crippen LogP contribution in [0.25, 0.3) is 6.08 Å². The largest absolute Gasteiger partial charge is 0.378 e. The lowest BCUT2D eigenvalue weighted by Gasteiger charge is -2.17. The number of hydrogen-bond acceptors (Lipinski definition) is 6. The number of aromatic nitrogens is 3. The maximum Gasteiger partial charge on any atom is 0.240 e. The van der Waals surface area contributed by atoms with E-state index in [0.29, 0.717) is 5.82 Å². The van der Waals surface area contributed by atoms with E-state index in [1.165, 1.54) is 11.3 Å². The van der Waals surface area contributed by atoms with Crippen LogP contribution in [0.2, 0.25) is 0 Å². The van der Waals surface area contributed by atoms with Gasteiger partial charge in [0, 0.05) is 52.4 Å². The zero-order chi connectivity index (χ0) is 23.3. The van der Waals surface area contributed by atoms with Crippen LogP contribution in [-0.2, 0) is 29.5 Å². The van der Waals surface area contributed by atoms with Crippen molar-refractivity contribution in [2.45, 2.75) is 24.4 Å². The van der Waals surface area contributed by atoms with Gasteiger partial charge in [-0.15, -0.1) is 10.2 Å². The molecule has 33 heavy (non-hydrogen) atoms. The van der Waals surface area contributed by atoms with Crippen molar-refractivity contribution >= 4 is 21.8 Å². The lowest BCUT2D eigenvalue weighted by atomic mass is 10.2. The second-order valence-corrected chi connectivity index (χ2v) is 10.0. The first-order valence-electron chi connectivity index (χ1n) is 11.0. The van der Waals surface area contributed by atoms with Gasteiger partial charge in [0.1, 0.15) is 11.6 Å². The Morgan fingerprint density at radius 2 is 1.76 bits per heavy atom. The first-order chi connectivity index (χ1) is 15.9. The Labute approximate surface area is 195 Å². The summed E-state index contributed by atoms with van der Waals surface area (Å²) in [5.74, 6) is 1.54. The highest BCUT2D eigenvalue weighted by atomic mass is 32.2. The predicted molar refractivity (Wildman–Crippen MR) is 130 cm³/mol. The van der Waals surface area contributed by atoms with E-state index < -0.39 is 10.0 Å². The van der Waals surface area contributed by atoms with Crippen LogP contribution in [0, 0.1) is 0 Å². The van der Waals surface area contributed by atoms with Crippen molar-refractivity contribution in [1.82, 2.24) is 24.4 Å². The summed E-state index contributed by atoms with van der Waals surface area (Å²) in [6, 6.07) is 16.8.